The summed E-state index contributed by atoms with van der Waals surface area (Å²) in [6.45, 7) is 0. The van der Waals surface area contributed by atoms with Crippen molar-refractivity contribution in [1.82, 2.24) is 0 Å². The summed E-state index contributed by atoms with van der Waals surface area (Å²) in [5, 5.41) is 1.34. The van der Waals surface area contributed by atoms with Gasteiger partial charge >= 0.3 is 21.7 Å². The van der Waals surface area contributed by atoms with Crippen LogP contribution in [0.4, 0.5) is 0 Å². The maximum atomic E-state index is 5.60. The van der Waals surface area contributed by atoms with Crippen molar-refractivity contribution in [3.05, 3.63) is 23.4 Å². The van der Waals surface area contributed by atoms with E-state index in [1.54, 1.807) is 0 Å². The van der Waals surface area contributed by atoms with Gasteiger partial charge in [0.25, 0.3) is 0 Å². The van der Waals surface area contributed by atoms with Crippen LogP contribution in [-0.2, 0) is 21.7 Å². The van der Waals surface area contributed by atoms with E-state index in [2.05, 4.69) is 12.2 Å². The molecule has 0 unspecified atom stereocenters. The summed E-state index contributed by atoms with van der Waals surface area (Å²) in [5.74, 6) is 0. The van der Waals surface area contributed by atoms with Gasteiger partial charge in [0.15, 0.2) is 0 Å². The molecule has 0 nitrogen and oxygen atoms in total. The molecule has 0 bridgehead atoms. The van der Waals surface area contributed by atoms with Gasteiger partial charge in [-0.05, 0) is 0 Å². The number of rotatable bonds is 2. The molecule has 0 heterocycles. The number of hydrogen-bond donors (Lipinski definition) is 0. The molecule has 0 amide bonds. The Kier molecular flexibility index (Phi) is 25.8. The third kappa shape index (κ3) is 11.8. The Morgan fingerprint density at radius 3 is 2.15 bits per heavy atom. The van der Waals surface area contributed by atoms with Crippen LogP contribution in [0.15, 0.2) is 17.3 Å². The number of hydrogen-bond acceptors (Lipinski definition) is 0. The molecule has 0 aromatic rings. The molecule has 0 saturated carbocycles. The normalized spacial score (nSPS) is 12.7. The fourth-order valence-corrected chi connectivity index (χ4v) is 2.82. The van der Waals surface area contributed by atoms with Gasteiger partial charge in [-0.2, -0.15) is 5.20 Å². The first-order chi connectivity index (χ1) is 4.29. The van der Waals surface area contributed by atoms with Crippen LogP contribution in [0.3, 0.4) is 0 Å². The van der Waals surface area contributed by atoms with E-state index in [0.717, 1.165) is 6.42 Å². The molecule has 0 radical (unpaired) electrons. The average Bonchev–Trinajstić information content (AvgIpc) is 2.15. The van der Waals surface area contributed by atoms with Gasteiger partial charge in [-0.1, -0.05) is 0 Å². The van der Waals surface area contributed by atoms with Crippen molar-refractivity contribution in [2.45, 2.75) is 10.9 Å². The molecule has 0 aromatic carbocycles. The fourth-order valence-electron chi connectivity index (χ4n) is 0.765. The molecule has 0 N–H and O–H groups in total. The van der Waals surface area contributed by atoms with Crippen molar-refractivity contribution < 1.29 is 58.9 Å². The minimum Gasteiger partial charge on any atom is -1.00 e. The van der Waals surface area contributed by atoms with Gasteiger partial charge in [-0.25, -0.2) is 12.2 Å². The van der Waals surface area contributed by atoms with E-state index < -0.39 is 9.52 Å². The first-order valence-electron chi connectivity index (χ1n) is 2.83. The summed E-state index contributed by atoms with van der Waals surface area (Å²) in [6, 6.07) is 0. The standard InChI is InChI=1S/C6H7Cl2Si.3ClH.Ti/c7-6(8)9-5-3-1-2-4-5;;;;/h1-2,6H,3,9H2;3*1H;/q-1;;;;+4/p-3. The summed E-state index contributed by atoms with van der Waals surface area (Å²) in [4.78, 5) is 0. The molecule has 0 aromatic heterocycles. The van der Waals surface area contributed by atoms with Gasteiger partial charge in [0.1, 0.15) is 0 Å². The zero-order valence-electron chi connectivity index (χ0n) is 6.54. The Hall–Kier alpha value is 1.86. The van der Waals surface area contributed by atoms with Crippen LogP contribution in [0.2, 0.25) is 0 Å². The van der Waals surface area contributed by atoms with Crippen LogP contribution in [-0.4, -0.2) is 14.0 Å². The molecule has 0 aliphatic heterocycles. The first kappa shape index (κ1) is 24.2. The van der Waals surface area contributed by atoms with E-state index in [0.29, 0.717) is 0 Å². The maximum Gasteiger partial charge on any atom is 4.00 e. The quantitative estimate of drug-likeness (QED) is 0.268. The van der Waals surface area contributed by atoms with E-state index in [1.807, 2.05) is 6.08 Å². The molecule has 74 valence electrons. The van der Waals surface area contributed by atoms with Crippen LogP contribution < -0.4 is 37.2 Å². The SMILES string of the molecule is ClC(Cl)[SiH2]C1=[C-]C=CC1.[Cl-].[Cl-].[Cl-].[Ti+4]. The molecule has 0 spiro atoms. The molecular formula is C6H7Cl5SiTi. The van der Waals surface area contributed by atoms with E-state index in [-0.39, 0.29) is 63.4 Å². The molecule has 1 aliphatic carbocycles. The van der Waals surface area contributed by atoms with E-state index in [4.69, 9.17) is 23.2 Å². The topological polar surface area (TPSA) is 0 Å². The van der Waals surface area contributed by atoms with Crippen LogP contribution in [0.5, 0.6) is 0 Å². The minimum absolute atomic E-state index is 0. The maximum absolute atomic E-state index is 5.60. The van der Waals surface area contributed by atoms with E-state index >= 15 is 0 Å². The van der Waals surface area contributed by atoms with Gasteiger partial charge in [0.05, 0.1) is 14.0 Å². The van der Waals surface area contributed by atoms with Gasteiger partial charge in [-0.15, -0.1) is 29.6 Å². The zero-order chi connectivity index (χ0) is 6.69. The van der Waals surface area contributed by atoms with E-state index in [9.17, 15) is 0 Å². The predicted molar refractivity (Wildman–Crippen MR) is 44.6 cm³/mol. The van der Waals surface area contributed by atoms with Gasteiger partial charge < -0.3 is 37.2 Å². The van der Waals surface area contributed by atoms with Crippen molar-refractivity contribution in [2.75, 3.05) is 0 Å². The van der Waals surface area contributed by atoms with Crippen molar-refractivity contribution in [3.8, 4) is 0 Å². The van der Waals surface area contributed by atoms with Crippen LogP contribution >= 0.6 is 23.2 Å². The second-order valence-electron chi connectivity index (χ2n) is 1.95. The summed E-state index contributed by atoms with van der Waals surface area (Å²) >= 11 is 11.2. The zero-order valence-corrected chi connectivity index (χ0v) is 13.3. The van der Waals surface area contributed by atoms with Crippen molar-refractivity contribution in [3.63, 3.8) is 0 Å². The monoisotopic (exact) mass is 330 g/mol. The average molecular weight is 332 g/mol. The summed E-state index contributed by atoms with van der Waals surface area (Å²) in [7, 11) is -0.404. The third-order valence-corrected chi connectivity index (χ3v) is 3.39. The van der Waals surface area contributed by atoms with Gasteiger partial charge in [0, 0.05) is 0 Å². The second kappa shape index (κ2) is 13.9. The Bertz CT molecular complexity index is 159. The molecule has 1 aliphatic rings. The molecule has 0 atom stereocenters. The third-order valence-electron chi connectivity index (χ3n) is 1.17. The molecular weight excluding hydrogens is 325 g/mol. The molecule has 1 rings (SSSR count). The first-order valence-corrected chi connectivity index (χ1v) is 5.23. The summed E-state index contributed by atoms with van der Waals surface area (Å²) in [5.41, 5.74) is 0. The summed E-state index contributed by atoms with van der Waals surface area (Å²) in [6.07, 6.45) is 8.17. The van der Waals surface area contributed by atoms with E-state index in [1.165, 1.54) is 5.20 Å². The Morgan fingerprint density at radius 1 is 1.31 bits per heavy atom. The molecule has 0 fully saturated rings. The molecule has 0 saturated heterocycles. The van der Waals surface area contributed by atoms with Crippen molar-refractivity contribution >= 4 is 32.7 Å². The van der Waals surface area contributed by atoms with Crippen molar-refractivity contribution in [2.24, 2.45) is 0 Å². The minimum atomic E-state index is -0.404. The Labute approximate surface area is 125 Å². The molecule has 13 heavy (non-hydrogen) atoms. The van der Waals surface area contributed by atoms with Crippen molar-refractivity contribution in [1.29, 1.82) is 0 Å². The smallest absolute Gasteiger partial charge is 1.00 e. The molecule has 7 heteroatoms. The summed E-state index contributed by atoms with van der Waals surface area (Å²) < 4.78 is -0.132. The second-order valence-corrected chi connectivity index (χ2v) is 6.34. The van der Waals surface area contributed by atoms with Gasteiger partial charge in [0.2, 0.25) is 0 Å². The van der Waals surface area contributed by atoms with Crippen LogP contribution in [0, 0.1) is 6.08 Å². The fraction of sp³-hybridized carbons (Fsp3) is 0.333. The van der Waals surface area contributed by atoms with Gasteiger partial charge in [-0.3, -0.25) is 6.08 Å². The number of halogens is 5. The number of allylic oxidation sites excluding steroid dienone is 4. The largest absolute Gasteiger partial charge is 4.00 e. The Balaban J connectivity index is -0.000000101. The number of alkyl halides is 2. The van der Waals surface area contributed by atoms with Crippen LogP contribution in [0.1, 0.15) is 6.42 Å². The Morgan fingerprint density at radius 2 is 1.85 bits per heavy atom. The predicted octanol–water partition coefficient (Wildman–Crippen LogP) is -7.43. The van der Waals surface area contributed by atoms with Crippen LogP contribution in [0.25, 0.3) is 0 Å².